The van der Waals surface area contributed by atoms with Gasteiger partial charge < -0.3 is 5.32 Å². The molecule has 0 aromatic heterocycles. The summed E-state index contributed by atoms with van der Waals surface area (Å²) in [4.78, 5) is 0. The highest BCUT2D eigenvalue weighted by Crippen LogP contribution is 2.26. The normalized spacial score (nSPS) is 12.4. The van der Waals surface area contributed by atoms with Crippen molar-refractivity contribution in [3.8, 4) is 0 Å². The Hall–Kier alpha value is -1.02. The molecule has 0 aliphatic heterocycles. The minimum absolute atomic E-state index is 0.224. The molecule has 0 aliphatic rings. The summed E-state index contributed by atoms with van der Waals surface area (Å²) in [6, 6.07) is 14.5. The zero-order valence-electron chi connectivity index (χ0n) is 12.5. The molecule has 1 nitrogen and oxygen atoms in total. The van der Waals surface area contributed by atoms with Gasteiger partial charge in [0.05, 0.1) is 0 Å². The fraction of sp³-hybridized carbons (Fsp3) is 0.333. The predicted octanol–water partition coefficient (Wildman–Crippen LogP) is 5.59. The van der Waals surface area contributed by atoms with Crippen LogP contribution < -0.4 is 5.32 Å². The second-order valence-corrected chi connectivity index (χ2v) is 6.21. The van der Waals surface area contributed by atoms with Crippen LogP contribution in [0.3, 0.4) is 0 Å². The van der Waals surface area contributed by atoms with E-state index < -0.39 is 0 Å². The summed E-state index contributed by atoms with van der Waals surface area (Å²) in [7, 11) is 0. The second-order valence-electron chi connectivity index (χ2n) is 5.34. The van der Waals surface area contributed by atoms with Crippen molar-refractivity contribution >= 4 is 23.2 Å². The van der Waals surface area contributed by atoms with Crippen molar-refractivity contribution in [2.75, 3.05) is 6.54 Å². The number of halogens is 2. The van der Waals surface area contributed by atoms with E-state index in [4.69, 9.17) is 23.2 Å². The van der Waals surface area contributed by atoms with Crippen LogP contribution in [0.2, 0.25) is 10.0 Å². The van der Waals surface area contributed by atoms with E-state index in [0.717, 1.165) is 24.9 Å². The van der Waals surface area contributed by atoms with E-state index in [1.807, 2.05) is 12.1 Å². The maximum absolute atomic E-state index is 6.15. The number of rotatable bonds is 6. The zero-order valence-corrected chi connectivity index (χ0v) is 14.0. The topological polar surface area (TPSA) is 12.0 Å². The molecule has 1 atom stereocenters. The van der Waals surface area contributed by atoms with Crippen LogP contribution in [0, 0.1) is 6.92 Å². The van der Waals surface area contributed by atoms with Gasteiger partial charge in [-0.1, -0.05) is 54.4 Å². The standard InChI is InChI=1S/C18H21Cl2N/c1-3-8-21-18(11-14-7-5-4-6-13(14)2)15-9-16(19)12-17(20)10-15/h4-7,9-10,12,18,21H,3,8,11H2,1-2H3. The van der Waals surface area contributed by atoms with Gasteiger partial charge in [0.1, 0.15) is 0 Å². The van der Waals surface area contributed by atoms with Crippen molar-refractivity contribution < 1.29 is 0 Å². The third-order valence-electron chi connectivity index (χ3n) is 3.61. The summed E-state index contributed by atoms with van der Waals surface area (Å²) in [6.45, 7) is 5.29. The lowest BCUT2D eigenvalue weighted by Crippen LogP contribution is -2.24. The van der Waals surface area contributed by atoms with Gasteiger partial charge in [-0.3, -0.25) is 0 Å². The Bertz CT molecular complexity index is 575. The largest absolute Gasteiger partial charge is 0.310 e. The van der Waals surface area contributed by atoms with Gasteiger partial charge in [0.25, 0.3) is 0 Å². The van der Waals surface area contributed by atoms with Crippen LogP contribution in [-0.4, -0.2) is 6.54 Å². The van der Waals surface area contributed by atoms with Gasteiger partial charge >= 0.3 is 0 Å². The minimum atomic E-state index is 0.224. The van der Waals surface area contributed by atoms with E-state index in [9.17, 15) is 0 Å². The van der Waals surface area contributed by atoms with Gasteiger partial charge in [0.2, 0.25) is 0 Å². The highest BCUT2D eigenvalue weighted by molar-refractivity contribution is 6.34. The Kier molecular flexibility index (Phi) is 6.10. The van der Waals surface area contributed by atoms with Gasteiger partial charge in [0, 0.05) is 16.1 Å². The quantitative estimate of drug-likeness (QED) is 0.731. The van der Waals surface area contributed by atoms with Crippen LogP contribution in [-0.2, 0) is 6.42 Å². The van der Waals surface area contributed by atoms with E-state index in [-0.39, 0.29) is 6.04 Å². The minimum Gasteiger partial charge on any atom is -0.310 e. The van der Waals surface area contributed by atoms with E-state index in [1.54, 1.807) is 6.07 Å². The van der Waals surface area contributed by atoms with Crippen LogP contribution in [0.1, 0.15) is 36.1 Å². The first-order chi connectivity index (χ1) is 10.1. The molecule has 2 aromatic rings. The van der Waals surface area contributed by atoms with Gasteiger partial charge in [-0.2, -0.15) is 0 Å². The van der Waals surface area contributed by atoms with E-state index in [1.165, 1.54) is 11.1 Å². The van der Waals surface area contributed by atoms with Crippen LogP contribution in [0.5, 0.6) is 0 Å². The molecule has 0 spiro atoms. The van der Waals surface area contributed by atoms with Crippen LogP contribution in [0.4, 0.5) is 0 Å². The summed E-state index contributed by atoms with van der Waals surface area (Å²) in [6.07, 6.45) is 2.03. The molecule has 0 amide bonds. The predicted molar refractivity (Wildman–Crippen MR) is 92.4 cm³/mol. The molecule has 0 aliphatic carbocycles. The Labute approximate surface area is 137 Å². The zero-order chi connectivity index (χ0) is 15.2. The van der Waals surface area contributed by atoms with Crippen molar-refractivity contribution in [3.05, 3.63) is 69.2 Å². The molecule has 21 heavy (non-hydrogen) atoms. The Morgan fingerprint density at radius 3 is 2.33 bits per heavy atom. The molecule has 0 fully saturated rings. The van der Waals surface area contributed by atoms with E-state index >= 15 is 0 Å². The van der Waals surface area contributed by atoms with E-state index in [0.29, 0.717) is 10.0 Å². The number of hydrogen-bond acceptors (Lipinski definition) is 1. The molecule has 3 heteroatoms. The van der Waals surface area contributed by atoms with Gasteiger partial charge in [0.15, 0.2) is 0 Å². The SMILES string of the molecule is CCCNC(Cc1ccccc1C)c1cc(Cl)cc(Cl)c1. The summed E-state index contributed by atoms with van der Waals surface area (Å²) in [5.41, 5.74) is 3.81. The lowest BCUT2D eigenvalue weighted by Gasteiger charge is -2.21. The Morgan fingerprint density at radius 1 is 1.05 bits per heavy atom. The molecule has 1 unspecified atom stereocenters. The van der Waals surface area contributed by atoms with E-state index in [2.05, 4.69) is 43.4 Å². The van der Waals surface area contributed by atoms with Gasteiger partial charge in [-0.05, 0) is 61.2 Å². The van der Waals surface area contributed by atoms with Crippen molar-refractivity contribution in [2.45, 2.75) is 32.7 Å². The van der Waals surface area contributed by atoms with Gasteiger partial charge in [-0.15, -0.1) is 0 Å². The molecule has 1 N–H and O–H groups in total. The number of aryl methyl sites for hydroxylation is 1. The molecule has 0 saturated carbocycles. The summed E-state index contributed by atoms with van der Waals surface area (Å²) in [5, 5.41) is 4.97. The molecule has 0 bridgehead atoms. The molecule has 112 valence electrons. The van der Waals surface area contributed by atoms with Crippen molar-refractivity contribution in [2.24, 2.45) is 0 Å². The summed E-state index contributed by atoms with van der Waals surface area (Å²) >= 11 is 12.3. The molecular formula is C18H21Cl2N. The highest BCUT2D eigenvalue weighted by Gasteiger charge is 2.14. The van der Waals surface area contributed by atoms with Crippen LogP contribution >= 0.6 is 23.2 Å². The maximum Gasteiger partial charge on any atom is 0.0424 e. The second kappa shape index (κ2) is 7.84. The molecule has 2 aromatic carbocycles. The van der Waals surface area contributed by atoms with Crippen molar-refractivity contribution in [3.63, 3.8) is 0 Å². The summed E-state index contributed by atoms with van der Waals surface area (Å²) in [5.74, 6) is 0. The molecule has 0 radical (unpaired) electrons. The first-order valence-corrected chi connectivity index (χ1v) is 8.09. The summed E-state index contributed by atoms with van der Waals surface area (Å²) < 4.78 is 0. The fourth-order valence-electron chi connectivity index (χ4n) is 2.46. The van der Waals surface area contributed by atoms with Gasteiger partial charge in [-0.25, -0.2) is 0 Å². The molecular weight excluding hydrogens is 301 g/mol. The van der Waals surface area contributed by atoms with Crippen LogP contribution in [0.15, 0.2) is 42.5 Å². The third kappa shape index (κ3) is 4.74. The number of benzene rings is 2. The van der Waals surface area contributed by atoms with Crippen LogP contribution in [0.25, 0.3) is 0 Å². The molecule has 2 rings (SSSR count). The number of hydrogen-bond donors (Lipinski definition) is 1. The fourth-order valence-corrected chi connectivity index (χ4v) is 3.00. The Balaban J connectivity index is 2.27. The van der Waals surface area contributed by atoms with Crippen molar-refractivity contribution in [1.82, 2.24) is 5.32 Å². The monoisotopic (exact) mass is 321 g/mol. The first-order valence-electron chi connectivity index (χ1n) is 7.34. The maximum atomic E-state index is 6.15. The number of nitrogens with one attached hydrogen (secondary N) is 1. The first kappa shape index (κ1) is 16.4. The lowest BCUT2D eigenvalue weighted by atomic mass is 9.96. The lowest BCUT2D eigenvalue weighted by molar-refractivity contribution is 0.528. The average Bonchev–Trinajstić information content (AvgIpc) is 2.44. The smallest absolute Gasteiger partial charge is 0.0424 e. The molecule has 0 heterocycles. The third-order valence-corrected chi connectivity index (χ3v) is 4.05. The average molecular weight is 322 g/mol. The molecule has 0 saturated heterocycles. The highest BCUT2D eigenvalue weighted by atomic mass is 35.5. The Morgan fingerprint density at radius 2 is 1.71 bits per heavy atom. The van der Waals surface area contributed by atoms with Crippen molar-refractivity contribution in [1.29, 1.82) is 0 Å².